The monoisotopic (exact) mass is 399 g/mol. The van der Waals surface area contributed by atoms with Crippen LogP contribution in [0.5, 0.6) is 11.5 Å². The summed E-state index contributed by atoms with van der Waals surface area (Å²) in [5.74, 6) is 2.07. The van der Waals surface area contributed by atoms with Gasteiger partial charge in [-0.2, -0.15) is 0 Å². The van der Waals surface area contributed by atoms with Crippen molar-refractivity contribution in [3.63, 3.8) is 0 Å². The molecule has 4 nitrogen and oxygen atoms in total. The van der Waals surface area contributed by atoms with Crippen molar-refractivity contribution in [1.82, 2.24) is 4.90 Å². The van der Waals surface area contributed by atoms with Gasteiger partial charge < -0.3 is 14.4 Å². The largest absolute Gasteiger partial charge is 0.486 e. The Balaban J connectivity index is 1.34. The van der Waals surface area contributed by atoms with Gasteiger partial charge in [0, 0.05) is 36.3 Å². The highest BCUT2D eigenvalue weighted by atomic mass is 16.6. The second-order valence-corrected chi connectivity index (χ2v) is 8.05. The second-order valence-electron chi connectivity index (χ2n) is 8.05. The van der Waals surface area contributed by atoms with Crippen LogP contribution in [0.1, 0.15) is 35.2 Å². The van der Waals surface area contributed by atoms with Gasteiger partial charge in [0.1, 0.15) is 13.2 Å². The first kappa shape index (κ1) is 18.7. The van der Waals surface area contributed by atoms with Gasteiger partial charge >= 0.3 is 0 Å². The van der Waals surface area contributed by atoms with Gasteiger partial charge in [-0.25, -0.2) is 0 Å². The van der Waals surface area contributed by atoms with Crippen LogP contribution in [0.25, 0.3) is 10.8 Å². The summed E-state index contributed by atoms with van der Waals surface area (Å²) in [6.07, 6.45) is 2.89. The number of hydrogen-bond donors (Lipinski definition) is 0. The van der Waals surface area contributed by atoms with Crippen LogP contribution in [-0.4, -0.2) is 37.0 Å². The van der Waals surface area contributed by atoms with Gasteiger partial charge in [-0.3, -0.25) is 4.79 Å². The number of rotatable bonds is 4. The standard InChI is InChI=1S/C26H25NO3/c1-18(27-10-9-22(17-27)19-5-3-2-4-6-19)13-24(28)21-8-7-20-15-25-26(16-23(20)14-21)30-12-11-29-25/h2-8,13-16,22H,9-12,17H2,1H3/b18-13+. The number of ether oxygens (including phenoxy) is 2. The molecule has 30 heavy (non-hydrogen) atoms. The van der Waals surface area contributed by atoms with Crippen LogP contribution in [-0.2, 0) is 0 Å². The molecule has 152 valence electrons. The molecule has 2 heterocycles. The number of allylic oxidation sites excluding steroid dienone is 2. The maximum Gasteiger partial charge on any atom is 0.187 e. The molecule has 3 aromatic rings. The molecule has 1 fully saturated rings. The molecule has 2 aliphatic heterocycles. The Kier molecular flexibility index (Phi) is 4.91. The summed E-state index contributed by atoms with van der Waals surface area (Å²) in [5, 5.41) is 2.03. The number of carbonyl (C=O) groups excluding carboxylic acids is 1. The fourth-order valence-electron chi connectivity index (χ4n) is 4.38. The van der Waals surface area contributed by atoms with E-state index in [-0.39, 0.29) is 5.78 Å². The molecular weight excluding hydrogens is 374 g/mol. The summed E-state index contributed by atoms with van der Waals surface area (Å²) < 4.78 is 11.3. The Morgan fingerprint density at radius 2 is 1.70 bits per heavy atom. The molecule has 3 aromatic carbocycles. The van der Waals surface area contributed by atoms with E-state index in [4.69, 9.17) is 9.47 Å². The normalized spacial score (nSPS) is 18.6. The topological polar surface area (TPSA) is 38.8 Å². The summed E-state index contributed by atoms with van der Waals surface area (Å²) in [4.78, 5) is 15.3. The lowest BCUT2D eigenvalue weighted by Crippen LogP contribution is -2.19. The van der Waals surface area contributed by atoms with E-state index >= 15 is 0 Å². The third-order valence-electron chi connectivity index (χ3n) is 6.08. The summed E-state index contributed by atoms with van der Waals surface area (Å²) in [7, 11) is 0. The first-order chi connectivity index (χ1) is 14.7. The molecule has 1 atom stereocenters. The van der Waals surface area contributed by atoms with Crippen molar-refractivity contribution in [2.45, 2.75) is 19.3 Å². The zero-order valence-corrected chi connectivity index (χ0v) is 17.1. The van der Waals surface area contributed by atoms with Crippen molar-refractivity contribution in [3.8, 4) is 11.5 Å². The van der Waals surface area contributed by atoms with E-state index in [9.17, 15) is 4.79 Å². The van der Waals surface area contributed by atoms with E-state index in [0.29, 0.717) is 24.7 Å². The summed E-state index contributed by atoms with van der Waals surface area (Å²) >= 11 is 0. The Morgan fingerprint density at radius 1 is 0.967 bits per heavy atom. The van der Waals surface area contributed by atoms with Gasteiger partial charge in [0.2, 0.25) is 0 Å². The number of hydrogen-bond acceptors (Lipinski definition) is 4. The third-order valence-corrected chi connectivity index (χ3v) is 6.08. The zero-order chi connectivity index (χ0) is 20.5. The van der Waals surface area contributed by atoms with Crippen LogP contribution < -0.4 is 9.47 Å². The van der Waals surface area contributed by atoms with E-state index < -0.39 is 0 Å². The molecule has 0 radical (unpaired) electrons. The quantitative estimate of drug-likeness (QED) is 0.447. The molecule has 0 aliphatic carbocycles. The van der Waals surface area contributed by atoms with Crippen LogP contribution in [0.2, 0.25) is 0 Å². The fraction of sp³-hybridized carbons (Fsp3) is 0.269. The van der Waals surface area contributed by atoms with Crippen molar-refractivity contribution < 1.29 is 14.3 Å². The number of ketones is 1. The molecule has 0 spiro atoms. The van der Waals surface area contributed by atoms with Gasteiger partial charge in [-0.1, -0.05) is 42.5 Å². The Hall–Kier alpha value is -3.27. The highest BCUT2D eigenvalue weighted by Gasteiger charge is 2.24. The lowest BCUT2D eigenvalue weighted by atomic mass is 9.99. The molecule has 0 saturated carbocycles. The van der Waals surface area contributed by atoms with Crippen molar-refractivity contribution in [3.05, 3.63) is 83.6 Å². The minimum atomic E-state index is 0.0347. The van der Waals surface area contributed by atoms with E-state index in [1.807, 2.05) is 37.3 Å². The lowest BCUT2D eigenvalue weighted by Gasteiger charge is -2.20. The Labute approximate surface area is 176 Å². The van der Waals surface area contributed by atoms with Crippen LogP contribution >= 0.6 is 0 Å². The van der Waals surface area contributed by atoms with Crippen LogP contribution in [0, 0.1) is 0 Å². The average molecular weight is 399 g/mol. The first-order valence-corrected chi connectivity index (χ1v) is 10.5. The van der Waals surface area contributed by atoms with Crippen LogP contribution in [0.3, 0.4) is 0 Å². The zero-order valence-electron chi connectivity index (χ0n) is 17.1. The smallest absolute Gasteiger partial charge is 0.187 e. The SMILES string of the molecule is C/C(=C\C(=O)c1ccc2cc3c(cc2c1)OCCO3)N1CCC(c2ccccc2)C1. The Bertz CT molecular complexity index is 1120. The molecule has 5 rings (SSSR count). The molecule has 0 bridgehead atoms. The lowest BCUT2D eigenvalue weighted by molar-refractivity contribution is 0.104. The van der Waals surface area contributed by atoms with Gasteiger partial charge in [0.05, 0.1) is 0 Å². The van der Waals surface area contributed by atoms with E-state index in [2.05, 4.69) is 35.2 Å². The number of carbonyl (C=O) groups is 1. The number of benzene rings is 3. The first-order valence-electron chi connectivity index (χ1n) is 10.5. The molecule has 4 heteroatoms. The second kappa shape index (κ2) is 7.86. The van der Waals surface area contributed by atoms with Gasteiger partial charge in [-0.05, 0) is 47.9 Å². The predicted molar refractivity (Wildman–Crippen MR) is 118 cm³/mol. The van der Waals surface area contributed by atoms with E-state index in [0.717, 1.165) is 47.5 Å². The van der Waals surface area contributed by atoms with Crippen LogP contribution in [0.4, 0.5) is 0 Å². The van der Waals surface area contributed by atoms with Crippen molar-refractivity contribution >= 4 is 16.6 Å². The predicted octanol–water partition coefficient (Wildman–Crippen LogP) is 5.19. The van der Waals surface area contributed by atoms with Crippen molar-refractivity contribution in [1.29, 1.82) is 0 Å². The highest BCUT2D eigenvalue weighted by Crippen LogP contribution is 2.35. The maximum atomic E-state index is 12.9. The third kappa shape index (κ3) is 3.65. The van der Waals surface area contributed by atoms with Crippen molar-refractivity contribution in [2.24, 2.45) is 0 Å². The Morgan fingerprint density at radius 3 is 2.47 bits per heavy atom. The number of fused-ring (bicyclic) bond motifs is 2. The van der Waals surface area contributed by atoms with E-state index in [1.165, 1.54) is 5.56 Å². The van der Waals surface area contributed by atoms with Crippen LogP contribution in [0.15, 0.2) is 72.4 Å². The fourth-order valence-corrected chi connectivity index (χ4v) is 4.38. The summed E-state index contributed by atoms with van der Waals surface area (Å²) in [6.45, 7) is 5.10. The van der Waals surface area contributed by atoms with Gasteiger partial charge in [0.25, 0.3) is 0 Å². The number of nitrogens with zero attached hydrogens (tertiary/aromatic N) is 1. The molecule has 0 N–H and O–H groups in total. The minimum Gasteiger partial charge on any atom is -0.486 e. The molecular formula is C26H25NO3. The highest BCUT2D eigenvalue weighted by molar-refractivity contribution is 6.07. The summed E-state index contributed by atoms with van der Waals surface area (Å²) in [5.41, 5.74) is 3.10. The molecule has 0 aromatic heterocycles. The molecule has 1 unspecified atom stereocenters. The number of likely N-dealkylation sites (tertiary alicyclic amines) is 1. The average Bonchev–Trinajstić information content (AvgIpc) is 3.28. The summed E-state index contributed by atoms with van der Waals surface area (Å²) in [6, 6.07) is 20.4. The molecule has 0 amide bonds. The van der Waals surface area contributed by atoms with Gasteiger partial charge in [0.15, 0.2) is 17.3 Å². The maximum absolute atomic E-state index is 12.9. The molecule has 1 saturated heterocycles. The van der Waals surface area contributed by atoms with Gasteiger partial charge in [-0.15, -0.1) is 0 Å². The van der Waals surface area contributed by atoms with Crippen molar-refractivity contribution in [2.75, 3.05) is 26.3 Å². The van der Waals surface area contributed by atoms with E-state index in [1.54, 1.807) is 6.08 Å². The minimum absolute atomic E-state index is 0.0347. The molecule has 2 aliphatic rings.